The zero-order chi connectivity index (χ0) is 18.8. The number of nitrogens with one attached hydrogen (secondary N) is 1. The minimum absolute atomic E-state index is 0.142. The maximum Gasteiger partial charge on any atom is 0.511 e. The van der Waals surface area contributed by atoms with Crippen molar-refractivity contribution in [3.63, 3.8) is 0 Å². The number of rotatable bonds is 6. The Kier molecular flexibility index (Phi) is 6.29. The van der Waals surface area contributed by atoms with E-state index >= 15 is 0 Å². The van der Waals surface area contributed by atoms with E-state index in [2.05, 4.69) is 0 Å². The molecule has 0 bridgehead atoms. The fourth-order valence-electron chi connectivity index (χ4n) is 1.65. The molecule has 9 heteroatoms. The highest BCUT2D eigenvalue weighted by molar-refractivity contribution is 7.90. The first-order chi connectivity index (χ1) is 10.7. The SMILES string of the molecule is CC(C)(C)[Si](C)(C)OC[C@H](NS(=O)(=O)C(F)(F)F)c1ccccc1. The van der Waals surface area contributed by atoms with Crippen molar-refractivity contribution in [2.45, 2.75) is 50.5 Å². The molecule has 0 saturated heterocycles. The summed E-state index contributed by atoms with van der Waals surface area (Å²) < 4.78 is 68.7. The van der Waals surface area contributed by atoms with Crippen LogP contribution in [0.25, 0.3) is 0 Å². The predicted octanol–water partition coefficient (Wildman–Crippen LogP) is 4.19. The Labute approximate surface area is 142 Å². The van der Waals surface area contributed by atoms with Crippen LogP contribution >= 0.6 is 0 Å². The summed E-state index contributed by atoms with van der Waals surface area (Å²) >= 11 is 0. The molecule has 0 aromatic heterocycles. The van der Waals surface area contributed by atoms with Crippen LogP contribution in [0.15, 0.2) is 30.3 Å². The van der Waals surface area contributed by atoms with Gasteiger partial charge in [-0.1, -0.05) is 51.1 Å². The lowest BCUT2D eigenvalue weighted by Gasteiger charge is -2.37. The molecule has 1 aromatic carbocycles. The van der Waals surface area contributed by atoms with Crippen LogP contribution in [-0.4, -0.2) is 28.9 Å². The normalized spacial score (nSPS) is 15.3. The second-order valence-corrected chi connectivity index (χ2v) is 13.6. The number of alkyl halides is 3. The average molecular weight is 384 g/mol. The summed E-state index contributed by atoms with van der Waals surface area (Å²) in [7, 11) is -7.70. The summed E-state index contributed by atoms with van der Waals surface area (Å²) in [4.78, 5) is 0. The zero-order valence-electron chi connectivity index (χ0n) is 14.4. The van der Waals surface area contributed by atoms with Gasteiger partial charge in [0.05, 0.1) is 12.6 Å². The van der Waals surface area contributed by atoms with Crippen LogP contribution < -0.4 is 4.72 Å². The third-order valence-electron chi connectivity index (χ3n) is 4.22. The monoisotopic (exact) mass is 383 g/mol. The topological polar surface area (TPSA) is 55.4 Å². The molecule has 24 heavy (non-hydrogen) atoms. The van der Waals surface area contributed by atoms with Crippen LogP contribution in [0.1, 0.15) is 32.4 Å². The first-order valence-electron chi connectivity index (χ1n) is 7.45. The van der Waals surface area contributed by atoms with Crippen molar-refractivity contribution < 1.29 is 26.0 Å². The second kappa shape index (κ2) is 7.15. The summed E-state index contributed by atoms with van der Waals surface area (Å²) in [5.41, 5.74) is -4.94. The number of hydrogen-bond donors (Lipinski definition) is 1. The standard InChI is InChI=1S/C15H24F3NO3SSi/c1-14(2,3)24(4,5)22-11-13(12-9-7-6-8-10-12)19-23(20,21)15(16,17)18/h6-10,13,19H,11H2,1-5H3/t13-/m0/s1. The molecule has 1 aromatic rings. The number of benzene rings is 1. The lowest BCUT2D eigenvalue weighted by molar-refractivity contribution is -0.0452. The smallest absolute Gasteiger partial charge is 0.415 e. The minimum Gasteiger partial charge on any atom is -0.415 e. The van der Waals surface area contributed by atoms with E-state index < -0.39 is 29.9 Å². The third kappa shape index (κ3) is 5.30. The number of hydrogen-bond acceptors (Lipinski definition) is 3. The summed E-state index contributed by atoms with van der Waals surface area (Å²) in [6.45, 7) is 9.74. The van der Waals surface area contributed by atoms with E-state index in [4.69, 9.17) is 4.43 Å². The van der Waals surface area contributed by atoms with Gasteiger partial charge in [-0.05, 0) is 23.7 Å². The Bertz CT molecular complexity index is 640. The van der Waals surface area contributed by atoms with Crippen LogP contribution in [0.4, 0.5) is 13.2 Å². The lowest BCUT2D eigenvalue weighted by atomic mass is 10.1. The Balaban J connectivity index is 3.05. The largest absolute Gasteiger partial charge is 0.511 e. The molecular weight excluding hydrogens is 359 g/mol. The zero-order valence-corrected chi connectivity index (χ0v) is 16.3. The van der Waals surface area contributed by atoms with Crippen LogP contribution in [0.2, 0.25) is 18.1 Å². The van der Waals surface area contributed by atoms with Crippen molar-refractivity contribution >= 4 is 18.3 Å². The lowest BCUT2D eigenvalue weighted by Crippen LogP contribution is -2.45. The van der Waals surface area contributed by atoms with E-state index in [1.807, 2.05) is 33.9 Å². The summed E-state index contributed by atoms with van der Waals surface area (Å²) in [6, 6.07) is 7.00. The number of halogens is 3. The molecule has 1 atom stereocenters. The molecule has 0 heterocycles. The Morgan fingerprint density at radius 3 is 2.04 bits per heavy atom. The van der Waals surface area contributed by atoms with Gasteiger partial charge in [-0.25, -0.2) is 8.42 Å². The van der Waals surface area contributed by atoms with E-state index in [-0.39, 0.29) is 11.6 Å². The van der Waals surface area contributed by atoms with Gasteiger partial charge in [0.15, 0.2) is 8.32 Å². The van der Waals surface area contributed by atoms with Gasteiger partial charge in [-0.15, -0.1) is 0 Å². The van der Waals surface area contributed by atoms with Gasteiger partial charge in [0.25, 0.3) is 0 Å². The van der Waals surface area contributed by atoms with Gasteiger partial charge >= 0.3 is 15.5 Å². The van der Waals surface area contributed by atoms with Gasteiger partial charge in [-0.2, -0.15) is 17.9 Å². The van der Waals surface area contributed by atoms with Gasteiger partial charge in [0, 0.05) is 0 Å². The van der Waals surface area contributed by atoms with Crippen molar-refractivity contribution in [2.75, 3.05) is 6.61 Å². The summed E-state index contributed by atoms with van der Waals surface area (Å²) in [6.07, 6.45) is 0. The molecule has 0 fully saturated rings. The Morgan fingerprint density at radius 2 is 1.62 bits per heavy atom. The van der Waals surface area contributed by atoms with Crippen molar-refractivity contribution in [1.82, 2.24) is 4.72 Å². The number of sulfonamides is 1. The third-order valence-corrected chi connectivity index (χ3v) is 9.93. The van der Waals surface area contributed by atoms with Crippen molar-refractivity contribution in [3.05, 3.63) is 35.9 Å². The fourth-order valence-corrected chi connectivity index (χ4v) is 3.37. The molecule has 0 spiro atoms. The first-order valence-corrected chi connectivity index (χ1v) is 11.8. The average Bonchev–Trinajstić information content (AvgIpc) is 2.42. The molecule has 0 saturated carbocycles. The highest BCUT2D eigenvalue weighted by atomic mass is 32.2. The molecule has 0 unspecified atom stereocenters. The maximum absolute atomic E-state index is 12.7. The van der Waals surface area contributed by atoms with E-state index in [1.54, 1.807) is 35.1 Å². The molecule has 4 nitrogen and oxygen atoms in total. The minimum atomic E-state index is -5.46. The Morgan fingerprint density at radius 1 is 1.12 bits per heavy atom. The highest BCUT2D eigenvalue weighted by Crippen LogP contribution is 2.37. The van der Waals surface area contributed by atoms with Gasteiger partial charge < -0.3 is 4.43 Å². The van der Waals surface area contributed by atoms with Crippen LogP contribution in [0.5, 0.6) is 0 Å². The molecule has 1 N–H and O–H groups in total. The van der Waals surface area contributed by atoms with Gasteiger partial charge in [-0.3, -0.25) is 0 Å². The van der Waals surface area contributed by atoms with Crippen molar-refractivity contribution in [1.29, 1.82) is 0 Å². The van der Waals surface area contributed by atoms with E-state index in [1.165, 1.54) is 0 Å². The van der Waals surface area contributed by atoms with Gasteiger partial charge in [0.1, 0.15) is 0 Å². The van der Waals surface area contributed by atoms with E-state index in [0.29, 0.717) is 5.56 Å². The molecule has 0 aliphatic carbocycles. The van der Waals surface area contributed by atoms with Crippen molar-refractivity contribution in [2.24, 2.45) is 0 Å². The van der Waals surface area contributed by atoms with Crippen LogP contribution in [0.3, 0.4) is 0 Å². The van der Waals surface area contributed by atoms with E-state index in [0.717, 1.165) is 0 Å². The maximum atomic E-state index is 12.7. The highest BCUT2D eigenvalue weighted by Gasteiger charge is 2.47. The molecule has 0 aliphatic heterocycles. The first kappa shape index (κ1) is 21.1. The summed E-state index contributed by atoms with van der Waals surface area (Å²) in [5.74, 6) is 0. The Hall–Kier alpha value is -0.903. The summed E-state index contributed by atoms with van der Waals surface area (Å²) in [5, 5.41) is -0.142. The second-order valence-electron chi connectivity index (χ2n) is 7.10. The molecule has 0 amide bonds. The molecule has 0 aliphatic rings. The van der Waals surface area contributed by atoms with Crippen molar-refractivity contribution in [3.8, 4) is 0 Å². The quantitative estimate of drug-likeness (QED) is 0.750. The fraction of sp³-hybridized carbons (Fsp3) is 0.600. The van der Waals surface area contributed by atoms with E-state index in [9.17, 15) is 21.6 Å². The molecule has 0 radical (unpaired) electrons. The molecule has 138 valence electrons. The van der Waals surface area contributed by atoms with Crippen LogP contribution in [0, 0.1) is 0 Å². The molecular formula is C15H24F3NO3SSi. The van der Waals surface area contributed by atoms with Gasteiger partial charge in [0.2, 0.25) is 0 Å². The van der Waals surface area contributed by atoms with Crippen LogP contribution in [-0.2, 0) is 14.4 Å². The molecule has 1 rings (SSSR count). The predicted molar refractivity (Wildman–Crippen MR) is 90.4 cm³/mol.